The number of halogens is 1. The fraction of sp³-hybridized carbons (Fsp3) is 0. The van der Waals surface area contributed by atoms with E-state index < -0.39 is 5.82 Å². The first kappa shape index (κ1) is 12.3. The molecule has 2 aromatic rings. The van der Waals surface area contributed by atoms with Gasteiger partial charge in [-0.3, -0.25) is 0 Å². The lowest BCUT2D eigenvalue weighted by molar-refractivity contribution is 0.426. The van der Waals surface area contributed by atoms with Gasteiger partial charge in [-0.25, -0.2) is 9.37 Å². The Bertz CT molecular complexity index is 716. The van der Waals surface area contributed by atoms with Crippen LogP contribution in [0.25, 0.3) is 0 Å². The van der Waals surface area contributed by atoms with Crippen LogP contribution in [0.5, 0.6) is 11.6 Å². The fourth-order valence-corrected chi connectivity index (χ4v) is 1.39. The number of nitriles is 2. The maximum atomic E-state index is 13.6. The zero-order valence-corrected chi connectivity index (χ0v) is 9.59. The molecule has 2 rings (SSSR count). The van der Waals surface area contributed by atoms with Crippen LogP contribution in [0.15, 0.2) is 30.5 Å². The number of rotatable bonds is 2. The lowest BCUT2D eigenvalue weighted by Crippen LogP contribution is -1.96. The van der Waals surface area contributed by atoms with Gasteiger partial charge in [-0.05, 0) is 24.3 Å². The van der Waals surface area contributed by atoms with Crippen molar-refractivity contribution in [3.05, 3.63) is 47.4 Å². The van der Waals surface area contributed by atoms with E-state index in [0.29, 0.717) is 5.69 Å². The number of nitrogen functional groups attached to an aromatic ring is 1. The standard InChI is InChI=1S/C13H7FN4O/c14-11-3-8(5-15)1-2-12(11)19-13-9(6-16)4-10(17)7-18-13/h1-4,7H,17H2. The molecule has 2 N–H and O–H groups in total. The second-order valence-corrected chi connectivity index (χ2v) is 3.59. The van der Waals surface area contributed by atoms with E-state index in [2.05, 4.69) is 4.98 Å². The number of nitrogens with zero attached hydrogens (tertiary/aromatic N) is 3. The minimum Gasteiger partial charge on any atom is -0.435 e. The van der Waals surface area contributed by atoms with Gasteiger partial charge < -0.3 is 10.5 Å². The molecule has 19 heavy (non-hydrogen) atoms. The molecule has 6 heteroatoms. The maximum Gasteiger partial charge on any atom is 0.237 e. The second kappa shape index (κ2) is 5.03. The molecule has 0 aliphatic heterocycles. The topological polar surface area (TPSA) is 95.7 Å². The van der Waals surface area contributed by atoms with E-state index in [9.17, 15) is 4.39 Å². The zero-order valence-electron chi connectivity index (χ0n) is 9.59. The smallest absolute Gasteiger partial charge is 0.237 e. The Morgan fingerprint density at radius 3 is 2.63 bits per heavy atom. The van der Waals surface area contributed by atoms with Gasteiger partial charge in [0.25, 0.3) is 0 Å². The van der Waals surface area contributed by atoms with E-state index in [1.54, 1.807) is 0 Å². The molecule has 0 radical (unpaired) electrons. The van der Waals surface area contributed by atoms with Gasteiger partial charge in [-0.1, -0.05) is 0 Å². The van der Waals surface area contributed by atoms with Crippen molar-refractivity contribution >= 4 is 5.69 Å². The highest BCUT2D eigenvalue weighted by Gasteiger charge is 2.11. The zero-order chi connectivity index (χ0) is 13.8. The molecule has 0 fully saturated rings. The number of nitrogens with two attached hydrogens (primary N) is 1. The van der Waals surface area contributed by atoms with E-state index >= 15 is 0 Å². The predicted molar refractivity (Wildman–Crippen MR) is 64.6 cm³/mol. The van der Waals surface area contributed by atoms with Crippen LogP contribution in [0, 0.1) is 28.5 Å². The molecule has 0 amide bonds. The van der Waals surface area contributed by atoms with Crippen LogP contribution in [0.4, 0.5) is 10.1 Å². The Hall–Kier alpha value is -3.12. The first-order valence-corrected chi connectivity index (χ1v) is 5.17. The minimum atomic E-state index is -0.707. The monoisotopic (exact) mass is 254 g/mol. The molecule has 0 atom stereocenters. The summed E-state index contributed by atoms with van der Waals surface area (Å²) in [6.07, 6.45) is 1.30. The van der Waals surface area contributed by atoms with Crippen molar-refractivity contribution in [3.8, 4) is 23.8 Å². The lowest BCUT2D eigenvalue weighted by Gasteiger charge is -2.07. The van der Waals surface area contributed by atoms with Crippen molar-refractivity contribution in [1.29, 1.82) is 10.5 Å². The molecule has 0 aliphatic rings. The summed E-state index contributed by atoms with van der Waals surface area (Å²) in [5.74, 6) is -0.866. The fourth-order valence-electron chi connectivity index (χ4n) is 1.39. The highest BCUT2D eigenvalue weighted by atomic mass is 19.1. The molecule has 1 aromatic heterocycles. The molecule has 0 unspecified atom stereocenters. The molecule has 0 saturated carbocycles. The van der Waals surface area contributed by atoms with Gasteiger partial charge in [-0.15, -0.1) is 0 Å². The highest BCUT2D eigenvalue weighted by molar-refractivity contribution is 5.49. The summed E-state index contributed by atoms with van der Waals surface area (Å²) in [4.78, 5) is 3.83. The minimum absolute atomic E-state index is 0.0414. The van der Waals surface area contributed by atoms with Crippen molar-refractivity contribution in [1.82, 2.24) is 4.98 Å². The third-order valence-corrected chi connectivity index (χ3v) is 2.26. The average Bonchev–Trinajstić information content (AvgIpc) is 2.42. The van der Waals surface area contributed by atoms with Crippen LogP contribution in [-0.4, -0.2) is 4.98 Å². The Labute approximate surface area is 108 Å². The van der Waals surface area contributed by atoms with Crippen molar-refractivity contribution < 1.29 is 9.13 Å². The van der Waals surface area contributed by atoms with Crippen LogP contribution in [0.1, 0.15) is 11.1 Å². The summed E-state index contributed by atoms with van der Waals surface area (Å²) < 4.78 is 18.8. The number of hydrogen-bond donors (Lipinski definition) is 1. The SMILES string of the molecule is N#Cc1ccc(Oc2ncc(N)cc2C#N)c(F)c1. The quantitative estimate of drug-likeness (QED) is 0.887. The van der Waals surface area contributed by atoms with Crippen LogP contribution < -0.4 is 10.5 Å². The Balaban J connectivity index is 2.37. The molecule has 1 aromatic carbocycles. The third-order valence-electron chi connectivity index (χ3n) is 2.26. The van der Waals surface area contributed by atoms with Crippen LogP contribution in [0.2, 0.25) is 0 Å². The average molecular weight is 254 g/mol. The predicted octanol–water partition coefficient (Wildman–Crippen LogP) is 2.34. The molecule has 92 valence electrons. The van der Waals surface area contributed by atoms with Crippen molar-refractivity contribution in [2.75, 3.05) is 5.73 Å². The van der Waals surface area contributed by atoms with Crippen molar-refractivity contribution in [2.24, 2.45) is 0 Å². The van der Waals surface area contributed by atoms with E-state index in [4.69, 9.17) is 21.0 Å². The van der Waals surface area contributed by atoms with Crippen LogP contribution in [-0.2, 0) is 0 Å². The summed E-state index contributed by atoms with van der Waals surface area (Å²) in [6.45, 7) is 0. The van der Waals surface area contributed by atoms with Crippen molar-refractivity contribution in [2.45, 2.75) is 0 Å². The van der Waals surface area contributed by atoms with Gasteiger partial charge >= 0.3 is 0 Å². The summed E-state index contributed by atoms with van der Waals surface area (Å²) in [5.41, 5.74) is 6.07. The molecule has 0 spiro atoms. The van der Waals surface area contributed by atoms with Gasteiger partial charge in [0.2, 0.25) is 5.88 Å². The van der Waals surface area contributed by atoms with Gasteiger partial charge in [0.15, 0.2) is 11.6 Å². The Morgan fingerprint density at radius 2 is 2.00 bits per heavy atom. The van der Waals surface area contributed by atoms with E-state index in [0.717, 1.165) is 6.07 Å². The molecular weight excluding hydrogens is 247 g/mol. The Kier molecular flexibility index (Phi) is 3.26. The summed E-state index contributed by atoms with van der Waals surface area (Å²) in [6, 6.07) is 8.79. The molecular formula is C13H7FN4O. The number of hydrogen-bond acceptors (Lipinski definition) is 5. The second-order valence-electron chi connectivity index (χ2n) is 3.59. The van der Waals surface area contributed by atoms with Gasteiger partial charge in [0.1, 0.15) is 11.6 Å². The number of ether oxygens (including phenoxy) is 1. The largest absolute Gasteiger partial charge is 0.435 e. The third kappa shape index (κ3) is 2.59. The van der Waals surface area contributed by atoms with Gasteiger partial charge in [0, 0.05) is 0 Å². The first-order chi connectivity index (χ1) is 9.13. The maximum absolute atomic E-state index is 13.6. The van der Waals surface area contributed by atoms with Crippen LogP contribution >= 0.6 is 0 Å². The molecule has 0 bridgehead atoms. The summed E-state index contributed by atoms with van der Waals surface area (Å²) in [7, 11) is 0. The van der Waals surface area contributed by atoms with Gasteiger partial charge in [0.05, 0.1) is 23.5 Å². The summed E-state index contributed by atoms with van der Waals surface area (Å²) >= 11 is 0. The number of aromatic nitrogens is 1. The number of pyridine rings is 1. The number of anilines is 1. The van der Waals surface area contributed by atoms with E-state index in [1.807, 2.05) is 12.1 Å². The first-order valence-electron chi connectivity index (χ1n) is 5.17. The molecule has 5 nitrogen and oxygen atoms in total. The number of benzene rings is 1. The van der Waals surface area contributed by atoms with E-state index in [-0.39, 0.29) is 22.8 Å². The highest BCUT2D eigenvalue weighted by Crippen LogP contribution is 2.26. The van der Waals surface area contributed by atoms with Crippen molar-refractivity contribution in [3.63, 3.8) is 0 Å². The molecule has 1 heterocycles. The van der Waals surface area contributed by atoms with Gasteiger partial charge in [-0.2, -0.15) is 10.5 Å². The lowest BCUT2D eigenvalue weighted by atomic mass is 10.2. The molecule has 0 saturated heterocycles. The van der Waals surface area contributed by atoms with Crippen LogP contribution in [0.3, 0.4) is 0 Å². The Morgan fingerprint density at radius 1 is 1.21 bits per heavy atom. The van der Waals surface area contributed by atoms with E-state index in [1.165, 1.54) is 24.4 Å². The molecule has 0 aliphatic carbocycles. The normalized spacial score (nSPS) is 9.42. The summed E-state index contributed by atoms with van der Waals surface area (Å²) in [5, 5.41) is 17.5.